The predicted octanol–water partition coefficient (Wildman–Crippen LogP) is 9.67. The van der Waals surface area contributed by atoms with Gasteiger partial charge in [-0.1, -0.05) is 62.3 Å². The van der Waals surface area contributed by atoms with Crippen LogP contribution in [0.25, 0.3) is 0 Å². The van der Waals surface area contributed by atoms with Crippen molar-refractivity contribution in [2.24, 2.45) is 0 Å². The van der Waals surface area contributed by atoms with Gasteiger partial charge in [0.1, 0.15) is 0 Å². The molecule has 3 rings (SSSR count). The van der Waals surface area contributed by atoms with Gasteiger partial charge in [-0.3, -0.25) is 15.0 Å². The van der Waals surface area contributed by atoms with E-state index in [1.165, 1.54) is 16.7 Å². The third kappa shape index (κ3) is 17.0. The second-order valence-electron chi connectivity index (χ2n) is 10.6. The summed E-state index contributed by atoms with van der Waals surface area (Å²) in [6, 6.07) is 12.3. The number of nitrogens with zero attached hydrogens (tertiary/aromatic N) is 3. The molecule has 0 aliphatic carbocycles. The number of pyridine rings is 3. The van der Waals surface area contributed by atoms with Crippen LogP contribution in [-0.2, 0) is 26.7 Å². The molecule has 0 bridgehead atoms. The Hall–Kier alpha value is -0.461. The third-order valence-corrected chi connectivity index (χ3v) is 4.64. The Kier molecular flexibility index (Phi) is 16.1. The fourth-order valence-electron chi connectivity index (χ4n) is 2.56. The van der Waals surface area contributed by atoms with E-state index in [0.29, 0.717) is 0 Å². The van der Waals surface area contributed by atoms with E-state index < -0.39 is 10.5 Å². The van der Waals surface area contributed by atoms with Crippen LogP contribution < -0.4 is 0 Å². The van der Waals surface area contributed by atoms with Crippen molar-refractivity contribution in [1.29, 1.82) is 0 Å². The Morgan fingerprint density at radius 2 is 0.588 bits per heavy atom. The molecular formula is C27H39Br3IrN3. The van der Waals surface area contributed by atoms with E-state index in [1.807, 2.05) is 37.2 Å². The van der Waals surface area contributed by atoms with Gasteiger partial charge in [0.15, 0.2) is 0 Å². The van der Waals surface area contributed by atoms with Crippen LogP contribution in [-0.4, -0.2) is 15.0 Å². The molecule has 0 aliphatic rings. The monoisotopic (exact) mass is 835 g/mol. The minimum atomic E-state index is -0.896. The van der Waals surface area contributed by atoms with Crippen molar-refractivity contribution in [3.63, 3.8) is 0 Å². The van der Waals surface area contributed by atoms with Crippen molar-refractivity contribution in [3.8, 4) is 0 Å². The van der Waals surface area contributed by atoms with Crippen molar-refractivity contribution >= 4 is 40.5 Å². The normalized spacial score (nSPS) is 11.5. The van der Waals surface area contributed by atoms with Crippen LogP contribution in [0, 0.1) is 0 Å². The summed E-state index contributed by atoms with van der Waals surface area (Å²) in [4.78, 5) is 11.9. The third-order valence-electron chi connectivity index (χ3n) is 4.64. The summed E-state index contributed by atoms with van der Waals surface area (Å²) >= 11 is 9.81. The van der Waals surface area contributed by atoms with Crippen molar-refractivity contribution in [3.05, 3.63) is 90.3 Å². The molecule has 0 fully saturated rings. The molecule has 34 heavy (non-hydrogen) atoms. The summed E-state index contributed by atoms with van der Waals surface area (Å²) in [5, 5.41) is 0. The molecular weight excluding hydrogens is 798 g/mol. The van der Waals surface area contributed by atoms with Crippen LogP contribution in [0.3, 0.4) is 0 Å². The van der Waals surface area contributed by atoms with Gasteiger partial charge < -0.3 is 0 Å². The zero-order chi connectivity index (χ0) is 26.4. The second-order valence-corrected chi connectivity index (χ2v) is 42.0. The average molecular weight is 838 g/mol. The molecule has 0 spiro atoms. The van der Waals surface area contributed by atoms with Crippen LogP contribution in [0.15, 0.2) is 73.6 Å². The zero-order valence-electron chi connectivity index (χ0n) is 21.7. The molecule has 7 heteroatoms. The summed E-state index contributed by atoms with van der Waals surface area (Å²) < 4.78 is 0. The molecule has 0 unspecified atom stereocenters. The Bertz CT molecular complexity index is 767. The average Bonchev–Trinajstić information content (AvgIpc) is 2.74. The summed E-state index contributed by atoms with van der Waals surface area (Å²) in [5.74, 6) is 0. The summed E-state index contributed by atoms with van der Waals surface area (Å²) in [6.07, 6.45) is 11.0. The number of hydrogen-bond donors (Lipinski definition) is 0. The van der Waals surface area contributed by atoms with Crippen LogP contribution >= 0.6 is 40.5 Å². The fourth-order valence-corrected chi connectivity index (χ4v) is 2.56. The first-order chi connectivity index (χ1) is 15.5. The van der Waals surface area contributed by atoms with Gasteiger partial charge in [0.05, 0.1) is 0 Å². The van der Waals surface area contributed by atoms with E-state index in [0.717, 1.165) is 0 Å². The minimum absolute atomic E-state index is 0.253. The van der Waals surface area contributed by atoms with E-state index >= 15 is 0 Å². The number of hydrogen-bond acceptors (Lipinski definition) is 3. The maximum absolute atomic E-state index is 3.96. The van der Waals surface area contributed by atoms with Crippen LogP contribution in [0.4, 0.5) is 0 Å². The Balaban J connectivity index is 0.000000445. The first-order valence-electron chi connectivity index (χ1n) is 10.9. The summed E-state index contributed by atoms with van der Waals surface area (Å²) in [5.41, 5.74) is 4.77. The van der Waals surface area contributed by atoms with Gasteiger partial charge >= 0.3 is 51.0 Å². The SMILES string of the molecule is CC(C)(C)c1ccncc1.CC(C)(C)c1ccncc1.CC(C)(C)c1ccncc1.[Br][Ir]([Br])[Br]. The fraction of sp³-hybridized carbons (Fsp3) is 0.444. The van der Waals surface area contributed by atoms with Gasteiger partial charge in [0.2, 0.25) is 0 Å². The molecule has 3 aromatic rings. The van der Waals surface area contributed by atoms with E-state index in [9.17, 15) is 0 Å². The number of halogens is 3. The van der Waals surface area contributed by atoms with Crippen molar-refractivity contribution < 1.29 is 10.5 Å². The van der Waals surface area contributed by atoms with Crippen molar-refractivity contribution in [2.75, 3.05) is 0 Å². The Labute approximate surface area is 233 Å². The maximum atomic E-state index is 3.96. The van der Waals surface area contributed by atoms with Crippen molar-refractivity contribution in [2.45, 2.75) is 78.6 Å². The Morgan fingerprint density at radius 3 is 0.676 bits per heavy atom. The Morgan fingerprint density at radius 1 is 0.441 bits per heavy atom. The van der Waals surface area contributed by atoms with Crippen LogP contribution in [0.5, 0.6) is 0 Å². The first-order valence-corrected chi connectivity index (χ1v) is 26.6. The first kappa shape index (κ1) is 33.5. The number of rotatable bonds is 0. The quantitative estimate of drug-likeness (QED) is 0.227. The molecule has 3 nitrogen and oxygen atoms in total. The van der Waals surface area contributed by atoms with Crippen LogP contribution in [0.1, 0.15) is 79.0 Å². The van der Waals surface area contributed by atoms with E-state index in [4.69, 9.17) is 0 Å². The van der Waals surface area contributed by atoms with Gasteiger partial charge in [-0.25, -0.2) is 0 Å². The van der Waals surface area contributed by atoms with E-state index in [2.05, 4.69) is 154 Å². The molecule has 0 saturated heterocycles. The molecule has 0 radical (unpaired) electrons. The topological polar surface area (TPSA) is 38.7 Å². The second kappa shape index (κ2) is 16.3. The molecule has 0 amide bonds. The standard InChI is InChI=1S/3C9H13N.3BrH.Ir/c3*1-9(2,3)8-4-6-10-7-5-8;;;;/h3*4-7H,1-3H3;3*1H;/q;;;;;;+3/p-3. The summed E-state index contributed by atoms with van der Waals surface area (Å²) in [7, 11) is -0.896. The molecule has 3 heterocycles. The molecule has 0 aliphatic heterocycles. The predicted molar refractivity (Wildman–Crippen MR) is 156 cm³/mol. The van der Waals surface area contributed by atoms with E-state index in [-0.39, 0.29) is 16.2 Å². The molecule has 0 saturated carbocycles. The summed E-state index contributed by atoms with van der Waals surface area (Å²) in [6.45, 7) is 19.8. The van der Waals surface area contributed by atoms with Gasteiger partial charge in [-0.15, -0.1) is 0 Å². The van der Waals surface area contributed by atoms with Gasteiger partial charge in [-0.2, -0.15) is 0 Å². The number of aromatic nitrogens is 3. The molecule has 0 atom stereocenters. The van der Waals surface area contributed by atoms with Crippen LogP contribution in [0.2, 0.25) is 0 Å². The molecule has 192 valence electrons. The van der Waals surface area contributed by atoms with E-state index in [1.54, 1.807) is 0 Å². The van der Waals surface area contributed by atoms with Gasteiger partial charge in [-0.05, 0) is 69.3 Å². The van der Waals surface area contributed by atoms with Crippen molar-refractivity contribution in [1.82, 2.24) is 15.0 Å². The van der Waals surface area contributed by atoms with Gasteiger partial charge in [0, 0.05) is 37.2 Å². The zero-order valence-corrected chi connectivity index (χ0v) is 28.9. The molecule has 3 aromatic heterocycles. The molecule has 0 aromatic carbocycles. The molecule has 0 N–H and O–H groups in total. The van der Waals surface area contributed by atoms with Gasteiger partial charge in [0.25, 0.3) is 0 Å².